The standard InChI is InChI=1S/C13H8Cl2N2O/c1-7-4-9(10(6-16)13(18)17-7)8-2-3-11(14)12(15)5-8/h2-5H,1H3,(H,17,18). The van der Waals surface area contributed by atoms with Gasteiger partial charge in [0.15, 0.2) is 0 Å². The van der Waals surface area contributed by atoms with E-state index >= 15 is 0 Å². The largest absolute Gasteiger partial charge is 0.325 e. The SMILES string of the molecule is Cc1cc(-c2ccc(Cl)c(Cl)c2)c(C#N)c(=O)[nH]1. The zero-order valence-electron chi connectivity index (χ0n) is 9.42. The molecule has 90 valence electrons. The first kappa shape index (κ1) is 12.7. The van der Waals surface area contributed by atoms with Gasteiger partial charge in [0.25, 0.3) is 5.56 Å². The number of nitriles is 1. The molecule has 5 heteroatoms. The van der Waals surface area contributed by atoms with Crippen LogP contribution in [-0.2, 0) is 0 Å². The van der Waals surface area contributed by atoms with Crippen molar-refractivity contribution in [3.63, 3.8) is 0 Å². The van der Waals surface area contributed by atoms with Crippen LogP contribution in [-0.4, -0.2) is 4.98 Å². The van der Waals surface area contributed by atoms with Crippen LogP contribution in [0.5, 0.6) is 0 Å². The lowest BCUT2D eigenvalue weighted by Gasteiger charge is -2.06. The average molecular weight is 279 g/mol. The van der Waals surface area contributed by atoms with Crippen molar-refractivity contribution in [2.45, 2.75) is 6.92 Å². The van der Waals surface area contributed by atoms with Gasteiger partial charge in [-0.2, -0.15) is 5.26 Å². The van der Waals surface area contributed by atoms with Crippen molar-refractivity contribution in [2.75, 3.05) is 0 Å². The van der Waals surface area contributed by atoms with Crippen molar-refractivity contribution in [3.8, 4) is 17.2 Å². The molecule has 1 aromatic heterocycles. The van der Waals surface area contributed by atoms with Gasteiger partial charge in [-0.25, -0.2) is 0 Å². The molecule has 2 rings (SSSR count). The van der Waals surface area contributed by atoms with Gasteiger partial charge in [-0.05, 0) is 30.7 Å². The topological polar surface area (TPSA) is 56.6 Å². The number of halogens is 2. The second-order valence-corrected chi connectivity index (χ2v) is 4.63. The van der Waals surface area contributed by atoms with Crippen molar-refractivity contribution in [3.05, 3.63) is 55.9 Å². The number of hydrogen-bond acceptors (Lipinski definition) is 2. The summed E-state index contributed by atoms with van der Waals surface area (Å²) in [5.41, 5.74) is 1.59. The molecule has 0 aliphatic heterocycles. The number of nitrogens with zero attached hydrogens (tertiary/aromatic N) is 1. The molecular weight excluding hydrogens is 271 g/mol. The molecule has 0 bridgehead atoms. The van der Waals surface area contributed by atoms with E-state index in [0.717, 1.165) is 0 Å². The van der Waals surface area contributed by atoms with Gasteiger partial charge < -0.3 is 4.98 Å². The second kappa shape index (κ2) is 4.85. The van der Waals surface area contributed by atoms with Gasteiger partial charge in [0.2, 0.25) is 0 Å². The van der Waals surface area contributed by atoms with E-state index < -0.39 is 5.56 Å². The van der Waals surface area contributed by atoms with Gasteiger partial charge >= 0.3 is 0 Å². The number of hydrogen-bond donors (Lipinski definition) is 1. The van der Waals surface area contributed by atoms with Crippen molar-refractivity contribution >= 4 is 23.2 Å². The summed E-state index contributed by atoms with van der Waals surface area (Å²) in [5.74, 6) is 0. The predicted molar refractivity (Wildman–Crippen MR) is 72.0 cm³/mol. The van der Waals surface area contributed by atoms with Crippen molar-refractivity contribution in [2.24, 2.45) is 0 Å². The molecule has 0 radical (unpaired) electrons. The van der Waals surface area contributed by atoms with Crippen LogP contribution >= 0.6 is 23.2 Å². The summed E-state index contributed by atoms with van der Waals surface area (Å²) in [6.07, 6.45) is 0. The summed E-state index contributed by atoms with van der Waals surface area (Å²) < 4.78 is 0. The number of aromatic nitrogens is 1. The van der Waals surface area contributed by atoms with E-state index in [4.69, 9.17) is 28.5 Å². The Morgan fingerprint density at radius 3 is 2.56 bits per heavy atom. The Morgan fingerprint density at radius 2 is 1.94 bits per heavy atom. The molecule has 0 saturated heterocycles. The fraction of sp³-hybridized carbons (Fsp3) is 0.0769. The van der Waals surface area contributed by atoms with Crippen LogP contribution in [0.25, 0.3) is 11.1 Å². The Labute approximate surface area is 114 Å². The van der Waals surface area contributed by atoms with Gasteiger partial charge in [-0.1, -0.05) is 29.3 Å². The molecule has 0 unspecified atom stereocenters. The molecule has 3 nitrogen and oxygen atoms in total. The summed E-state index contributed by atoms with van der Waals surface area (Å²) in [5, 5.41) is 9.86. The molecule has 0 amide bonds. The van der Waals surface area contributed by atoms with E-state index in [1.807, 2.05) is 6.07 Å². The molecule has 0 aliphatic carbocycles. The Hall–Kier alpha value is -1.76. The summed E-state index contributed by atoms with van der Waals surface area (Å²) in [4.78, 5) is 14.3. The van der Waals surface area contributed by atoms with Gasteiger partial charge in [0.1, 0.15) is 11.6 Å². The highest BCUT2D eigenvalue weighted by atomic mass is 35.5. The van der Waals surface area contributed by atoms with Crippen molar-refractivity contribution in [1.29, 1.82) is 5.26 Å². The molecule has 18 heavy (non-hydrogen) atoms. The highest BCUT2D eigenvalue weighted by molar-refractivity contribution is 6.42. The minimum absolute atomic E-state index is 0.0685. The summed E-state index contributed by atoms with van der Waals surface area (Å²) in [7, 11) is 0. The molecule has 0 fully saturated rings. The minimum Gasteiger partial charge on any atom is -0.325 e. The van der Waals surface area contributed by atoms with Crippen LogP contribution in [0.2, 0.25) is 10.0 Å². The lowest BCUT2D eigenvalue weighted by Crippen LogP contribution is -2.12. The number of H-pyrrole nitrogens is 1. The first-order valence-electron chi connectivity index (χ1n) is 5.12. The van der Waals surface area contributed by atoms with E-state index in [1.165, 1.54) is 0 Å². The Balaban J connectivity index is 2.75. The summed E-state index contributed by atoms with van der Waals surface area (Å²) in [6.45, 7) is 1.75. The number of aryl methyl sites for hydroxylation is 1. The molecule has 1 heterocycles. The third-order valence-electron chi connectivity index (χ3n) is 2.51. The number of nitrogens with one attached hydrogen (secondary N) is 1. The normalized spacial score (nSPS) is 10.1. The first-order valence-corrected chi connectivity index (χ1v) is 5.88. The van der Waals surface area contributed by atoms with Crippen LogP contribution in [0.3, 0.4) is 0 Å². The molecular formula is C13H8Cl2N2O. The quantitative estimate of drug-likeness (QED) is 0.868. The van der Waals surface area contributed by atoms with Gasteiger partial charge in [-0.3, -0.25) is 4.79 Å². The zero-order valence-corrected chi connectivity index (χ0v) is 10.9. The maximum absolute atomic E-state index is 11.7. The van der Waals surface area contributed by atoms with Gasteiger partial charge in [0, 0.05) is 11.3 Å². The summed E-state index contributed by atoms with van der Waals surface area (Å²) >= 11 is 11.8. The van der Waals surface area contributed by atoms with Crippen LogP contribution in [0.15, 0.2) is 29.1 Å². The molecule has 1 aromatic carbocycles. The first-order chi connectivity index (χ1) is 8.52. The fourth-order valence-corrected chi connectivity index (χ4v) is 1.99. The molecule has 2 aromatic rings. The number of rotatable bonds is 1. The molecule has 0 atom stereocenters. The Kier molecular flexibility index (Phi) is 3.42. The van der Waals surface area contributed by atoms with Crippen molar-refractivity contribution in [1.82, 2.24) is 4.98 Å². The van der Waals surface area contributed by atoms with E-state index in [0.29, 0.717) is 26.9 Å². The highest BCUT2D eigenvalue weighted by Gasteiger charge is 2.11. The van der Waals surface area contributed by atoms with Gasteiger partial charge in [-0.15, -0.1) is 0 Å². The minimum atomic E-state index is -0.404. The molecule has 0 saturated carbocycles. The monoisotopic (exact) mass is 278 g/mol. The molecule has 0 spiro atoms. The lowest BCUT2D eigenvalue weighted by molar-refractivity contribution is 1.13. The maximum Gasteiger partial charge on any atom is 0.266 e. The lowest BCUT2D eigenvalue weighted by atomic mass is 10.0. The average Bonchev–Trinajstić information content (AvgIpc) is 2.32. The van der Waals surface area contributed by atoms with E-state index in [9.17, 15) is 4.79 Å². The third-order valence-corrected chi connectivity index (χ3v) is 3.25. The van der Waals surface area contributed by atoms with Crippen LogP contribution in [0.1, 0.15) is 11.3 Å². The zero-order chi connectivity index (χ0) is 13.3. The van der Waals surface area contributed by atoms with Crippen LogP contribution < -0.4 is 5.56 Å². The molecule has 1 N–H and O–H groups in total. The van der Waals surface area contributed by atoms with E-state index in [2.05, 4.69) is 4.98 Å². The van der Waals surface area contributed by atoms with Crippen molar-refractivity contribution < 1.29 is 0 Å². The molecule has 0 aliphatic rings. The third kappa shape index (κ3) is 2.26. The highest BCUT2D eigenvalue weighted by Crippen LogP contribution is 2.29. The van der Waals surface area contributed by atoms with E-state index in [1.54, 1.807) is 31.2 Å². The summed E-state index contributed by atoms with van der Waals surface area (Å²) in [6, 6.07) is 8.64. The second-order valence-electron chi connectivity index (χ2n) is 3.81. The number of pyridine rings is 1. The van der Waals surface area contributed by atoms with Gasteiger partial charge in [0.05, 0.1) is 10.0 Å². The Morgan fingerprint density at radius 1 is 1.22 bits per heavy atom. The van der Waals surface area contributed by atoms with Crippen LogP contribution in [0, 0.1) is 18.3 Å². The predicted octanol–water partition coefficient (Wildman–Crippen LogP) is 3.53. The smallest absolute Gasteiger partial charge is 0.266 e. The van der Waals surface area contributed by atoms with E-state index in [-0.39, 0.29) is 5.56 Å². The maximum atomic E-state index is 11.7. The Bertz CT molecular complexity index is 714. The fourth-order valence-electron chi connectivity index (χ4n) is 1.69. The number of benzene rings is 1. The van der Waals surface area contributed by atoms with Crippen LogP contribution in [0.4, 0.5) is 0 Å². The number of aromatic amines is 1.